The molecule has 1 aromatic heterocycles. The Hall–Kier alpha value is -3.02. The molecule has 2 aromatic rings. The van der Waals surface area contributed by atoms with Crippen LogP contribution in [0.2, 0.25) is 0 Å². The highest BCUT2D eigenvalue weighted by molar-refractivity contribution is 6.05. The first kappa shape index (κ1) is 15.5. The summed E-state index contributed by atoms with van der Waals surface area (Å²) in [6.45, 7) is 0. The fourth-order valence-corrected chi connectivity index (χ4v) is 3.59. The van der Waals surface area contributed by atoms with E-state index in [1.165, 1.54) is 0 Å². The molecule has 1 aliphatic heterocycles. The Morgan fingerprint density at radius 2 is 2.08 bits per heavy atom. The van der Waals surface area contributed by atoms with Crippen molar-refractivity contribution in [3.05, 3.63) is 59.7 Å². The van der Waals surface area contributed by atoms with Gasteiger partial charge in [0.1, 0.15) is 11.8 Å². The van der Waals surface area contributed by atoms with E-state index in [2.05, 4.69) is 10.6 Å². The Labute approximate surface area is 145 Å². The number of Topliss-reactive ketones (excluding diaryl/α,β-unsaturated/α-hetero) is 1. The number of hydrogen-bond donors (Lipinski definition) is 2. The molecule has 1 aromatic carbocycles. The van der Waals surface area contributed by atoms with E-state index in [1.54, 1.807) is 30.3 Å². The molecule has 0 saturated heterocycles. The van der Waals surface area contributed by atoms with Gasteiger partial charge in [0.25, 0.3) is 0 Å². The van der Waals surface area contributed by atoms with Crippen molar-refractivity contribution in [1.82, 2.24) is 5.32 Å². The molecule has 6 nitrogen and oxygen atoms in total. The van der Waals surface area contributed by atoms with Gasteiger partial charge in [0, 0.05) is 24.7 Å². The number of fused-ring (bicyclic) bond motifs is 1. The van der Waals surface area contributed by atoms with E-state index in [0.29, 0.717) is 23.4 Å². The lowest BCUT2D eigenvalue weighted by molar-refractivity contribution is -0.116. The summed E-state index contributed by atoms with van der Waals surface area (Å²) >= 11 is 0. The van der Waals surface area contributed by atoms with Crippen LogP contribution >= 0.6 is 0 Å². The number of ketones is 1. The van der Waals surface area contributed by atoms with Crippen molar-refractivity contribution in [3.8, 4) is 0 Å². The number of urea groups is 1. The molecule has 0 saturated carbocycles. The van der Waals surface area contributed by atoms with Gasteiger partial charge < -0.3 is 15.1 Å². The average Bonchev–Trinajstić information content (AvgIpc) is 3.10. The Morgan fingerprint density at radius 3 is 2.84 bits per heavy atom. The van der Waals surface area contributed by atoms with Crippen molar-refractivity contribution >= 4 is 23.2 Å². The maximum atomic E-state index is 12.8. The van der Waals surface area contributed by atoms with Crippen molar-refractivity contribution in [2.75, 3.05) is 17.3 Å². The van der Waals surface area contributed by atoms with Gasteiger partial charge in [-0.15, -0.1) is 0 Å². The summed E-state index contributed by atoms with van der Waals surface area (Å²) in [6, 6.07) is 10.3. The summed E-state index contributed by atoms with van der Waals surface area (Å²) in [4.78, 5) is 27.2. The van der Waals surface area contributed by atoms with Crippen LogP contribution in [0.4, 0.5) is 16.2 Å². The number of furan rings is 1. The van der Waals surface area contributed by atoms with Crippen LogP contribution in [-0.2, 0) is 4.79 Å². The normalized spacial score (nSPS) is 19.6. The zero-order valence-electron chi connectivity index (χ0n) is 13.9. The molecule has 4 rings (SSSR count). The standard InChI is InChI=1S/C19H19N3O3/c1-20-19(24)22-14-8-3-2-6-12(14)21-13-7-4-9-15(23)17(13)18(22)16-10-5-11-25-16/h2-3,5-6,8,10-11,18,21H,4,7,9H2,1H3,(H,20,24)/t18-/m1/s1. The molecule has 2 N–H and O–H groups in total. The maximum Gasteiger partial charge on any atom is 0.322 e. The molecule has 1 atom stereocenters. The van der Waals surface area contributed by atoms with Crippen LogP contribution in [0.25, 0.3) is 0 Å². The van der Waals surface area contributed by atoms with Crippen molar-refractivity contribution in [3.63, 3.8) is 0 Å². The quantitative estimate of drug-likeness (QED) is 0.834. The summed E-state index contributed by atoms with van der Waals surface area (Å²) in [5.41, 5.74) is 3.00. The zero-order valence-corrected chi connectivity index (χ0v) is 13.9. The second-order valence-corrected chi connectivity index (χ2v) is 6.15. The highest BCUT2D eigenvalue weighted by atomic mass is 16.3. The van der Waals surface area contributed by atoms with Gasteiger partial charge in [-0.1, -0.05) is 12.1 Å². The summed E-state index contributed by atoms with van der Waals surface area (Å²) in [6.07, 6.45) is 3.62. The molecule has 0 spiro atoms. The summed E-state index contributed by atoms with van der Waals surface area (Å²) in [7, 11) is 1.58. The molecule has 0 fully saturated rings. The molecule has 0 unspecified atom stereocenters. The van der Waals surface area contributed by atoms with Crippen LogP contribution < -0.4 is 15.5 Å². The third kappa shape index (κ3) is 2.50. The van der Waals surface area contributed by atoms with E-state index < -0.39 is 6.04 Å². The van der Waals surface area contributed by atoms with Crippen LogP contribution in [0, 0.1) is 0 Å². The topological polar surface area (TPSA) is 74.6 Å². The minimum absolute atomic E-state index is 0.0526. The summed E-state index contributed by atoms with van der Waals surface area (Å²) < 4.78 is 5.63. The monoisotopic (exact) mass is 337 g/mol. The Kier molecular flexibility index (Phi) is 3.80. The minimum atomic E-state index is -0.589. The fraction of sp³-hybridized carbons (Fsp3) is 0.263. The van der Waals surface area contributed by atoms with Crippen molar-refractivity contribution < 1.29 is 14.0 Å². The second kappa shape index (κ2) is 6.12. The van der Waals surface area contributed by atoms with Crippen LogP contribution in [0.5, 0.6) is 0 Å². The van der Waals surface area contributed by atoms with Crippen molar-refractivity contribution in [2.24, 2.45) is 0 Å². The van der Waals surface area contributed by atoms with E-state index in [0.717, 1.165) is 24.2 Å². The van der Waals surface area contributed by atoms with Gasteiger partial charge in [-0.2, -0.15) is 0 Å². The van der Waals surface area contributed by atoms with E-state index in [4.69, 9.17) is 4.42 Å². The molecule has 0 radical (unpaired) electrons. The number of carbonyl (C=O) groups is 2. The molecule has 2 heterocycles. The first-order valence-electron chi connectivity index (χ1n) is 8.37. The number of hydrogen-bond acceptors (Lipinski definition) is 4. The highest BCUT2D eigenvalue weighted by Gasteiger charge is 2.40. The SMILES string of the molecule is CNC(=O)N1c2ccccc2NC2=C(C(=O)CCC2)[C@H]1c1ccco1. The Bertz CT molecular complexity index is 855. The second-order valence-electron chi connectivity index (χ2n) is 6.15. The Balaban J connectivity index is 1.99. The number of nitrogens with one attached hydrogen (secondary N) is 2. The third-order valence-electron chi connectivity index (χ3n) is 4.68. The van der Waals surface area contributed by atoms with Crippen LogP contribution in [0.15, 0.2) is 58.3 Å². The van der Waals surface area contributed by atoms with E-state index in [9.17, 15) is 9.59 Å². The third-order valence-corrected chi connectivity index (χ3v) is 4.68. The lowest BCUT2D eigenvalue weighted by Gasteiger charge is -2.31. The molecule has 0 bridgehead atoms. The largest absolute Gasteiger partial charge is 0.467 e. The van der Waals surface area contributed by atoms with Gasteiger partial charge in [0.2, 0.25) is 0 Å². The predicted molar refractivity (Wildman–Crippen MR) is 94.3 cm³/mol. The lowest BCUT2D eigenvalue weighted by Crippen LogP contribution is -2.42. The van der Waals surface area contributed by atoms with Crippen molar-refractivity contribution in [1.29, 1.82) is 0 Å². The van der Waals surface area contributed by atoms with E-state index in [1.807, 2.05) is 24.3 Å². The number of anilines is 2. The molecule has 2 amide bonds. The van der Waals surface area contributed by atoms with Gasteiger partial charge in [-0.3, -0.25) is 9.69 Å². The van der Waals surface area contributed by atoms with Crippen LogP contribution in [0.1, 0.15) is 31.1 Å². The van der Waals surface area contributed by atoms with Gasteiger partial charge in [0.05, 0.1) is 17.6 Å². The number of allylic oxidation sites excluding steroid dienone is 1. The molecular weight excluding hydrogens is 318 g/mol. The van der Waals surface area contributed by atoms with Gasteiger partial charge in [0.15, 0.2) is 5.78 Å². The molecule has 25 heavy (non-hydrogen) atoms. The highest BCUT2D eigenvalue weighted by Crippen LogP contribution is 2.44. The molecule has 2 aliphatic rings. The van der Waals surface area contributed by atoms with Crippen molar-refractivity contribution in [2.45, 2.75) is 25.3 Å². The van der Waals surface area contributed by atoms with Crippen LogP contribution in [0.3, 0.4) is 0 Å². The van der Waals surface area contributed by atoms with Gasteiger partial charge in [-0.05, 0) is 37.1 Å². The summed E-state index contributed by atoms with van der Waals surface area (Å²) in [5, 5.41) is 6.08. The molecule has 1 aliphatic carbocycles. The predicted octanol–water partition coefficient (Wildman–Crippen LogP) is 3.60. The number of benzene rings is 1. The smallest absolute Gasteiger partial charge is 0.322 e. The first-order valence-corrected chi connectivity index (χ1v) is 8.37. The molecular formula is C19H19N3O3. The van der Waals surface area contributed by atoms with Gasteiger partial charge >= 0.3 is 6.03 Å². The van der Waals surface area contributed by atoms with E-state index in [-0.39, 0.29) is 11.8 Å². The minimum Gasteiger partial charge on any atom is -0.467 e. The number of para-hydroxylation sites is 2. The average molecular weight is 337 g/mol. The van der Waals surface area contributed by atoms with Gasteiger partial charge in [-0.25, -0.2) is 4.79 Å². The number of amides is 2. The summed E-state index contributed by atoms with van der Waals surface area (Å²) in [5.74, 6) is 0.627. The number of carbonyl (C=O) groups excluding carboxylic acids is 2. The maximum absolute atomic E-state index is 12.8. The number of nitrogens with zero attached hydrogens (tertiary/aromatic N) is 1. The Morgan fingerprint density at radius 1 is 1.24 bits per heavy atom. The zero-order chi connectivity index (χ0) is 17.4. The van der Waals surface area contributed by atoms with Crippen LogP contribution in [-0.4, -0.2) is 18.9 Å². The fourth-order valence-electron chi connectivity index (χ4n) is 3.59. The number of rotatable bonds is 1. The molecule has 128 valence electrons. The molecule has 6 heteroatoms. The van der Waals surface area contributed by atoms with E-state index >= 15 is 0 Å². The lowest BCUT2D eigenvalue weighted by atomic mass is 9.88. The first-order chi connectivity index (χ1) is 12.2.